The van der Waals surface area contributed by atoms with Crippen molar-refractivity contribution in [1.29, 1.82) is 10.5 Å². The molecule has 28 heavy (non-hydrogen) atoms. The van der Waals surface area contributed by atoms with Gasteiger partial charge < -0.3 is 0 Å². The molecular weight excluding hydrogens is 445 g/mol. The quantitative estimate of drug-likeness (QED) is 0.563. The average Bonchev–Trinajstić information content (AvgIpc) is 3.15. The zero-order valence-corrected chi connectivity index (χ0v) is 16.7. The number of carbonyl (C=O) groups excluding carboxylic acids is 1. The van der Waals surface area contributed by atoms with Gasteiger partial charge in [-0.25, -0.2) is 0 Å². The molecule has 3 rings (SSSR count). The van der Waals surface area contributed by atoms with Crippen LogP contribution in [-0.4, -0.2) is 25.8 Å². The van der Waals surface area contributed by atoms with Crippen molar-refractivity contribution >= 4 is 42.9 Å². The number of hydrogen-bond donors (Lipinski definition) is 2. The molecule has 0 bridgehead atoms. The monoisotopic (exact) mass is 457 g/mol. The number of halogens is 1. The summed E-state index contributed by atoms with van der Waals surface area (Å²) in [5.74, 6) is 0.226. The Labute approximate surface area is 171 Å². The van der Waals surface area contributed by atoms with Gasteiger partial charge in [-0.3, -0.25) is 0 Å². The number of pyridine rings is 1. The van der Waals surface area contributed by atoms with Gasteiger partial charge in [0.1, 0.15) is 0 Å². The summed E-state index contributed by atoms with van der Waals surface area (Å²) in [6, 6.07) is 14.5. The predicted octanol–water partition coefficient (Wildman–Crippen LogP) is 2.22. The van der Waals surface area contributed by atoms with E-state index in [4.69, 9.17) is 27.5 Å². The standard InChI is InChI=1S/C19H12ClN5O2Se/c20-13-4-2-1-3-10(13)14-5-6-15(27-14)17-11(7-21)18(24)25-19(12(17)8-22)28-9-16(23)26/h1-6H,9H2,(H2,23,26)(H2,24,25). The van der Waals surface area contributed by atoms with Crippen LogP contribution in [0.15, 0.2) is 40.8 Å². The van der Waals surface area contributed by atoms with Crippen LogP contribution in [0.4, 0.5) is 5.82 Å². The van der Waals surface area contributed by atoms with E-state index in [1.807, 2.05) is 12.1 Å². The van der Waals surface area contributed by atoms with Gasteiger partial charge in [0.25, 0.3) is 0 Å². The molecule has 0 atom stereocenters. The number of nitrogens with zero attached hydrogens (tertiary/aromatic N) is 3. The van der Waals surface area contributed by atoms with Crippen LogP contribution in [0.2, 0.25) is 10.3 Å². The molecule has 0 aliphatic heterocycles. The van der Waals surface area contributed by atoms with Crippen molar-refractivity contribution in [3.05, 3.63) is 52.5 Å². The number of aromatic nitrogens is 1. The second-order valence-electron chi connectivity index (χ2n) is 5.55. The first-order chi connectivity index (χ1) is 13.5. The Morgan fingerprint density at radius 1 is 1.14 bits per heavy atom. The summed E-state index contributed by atoms with van der Waals surface area (Å²) in [6.07, 6.45) is 0. The molecule has 7 nitrogen and oxygen atoms in total. The fraction of sp³-hybridized carbons (Fsp3) is 0.0526. The number of carbonyl (C=O) groups is 1. The molecular formula is C19H12ClN5O2Se. The molecule has 9 heteroatoms. The molecule has 0 saturated carbocycles. The molecule has 138 valence electrons. The Morgan fingerprint density at radius 3 is 2.46 bits per heavy atom. The van der Waals surface area contributed by atoms with Gasteiger partial charge in [-0.1, -0.05) is 0 Å². The summed E-state index contributed by atoms with van der Waals surface area (Å²) < 4.78 is 6.25. The third-order valence-electron chi connectivity index (χ3n) is 3.76. The van der Waals surface area contributed by atoms with Crippen molar-refractivity contribution in [1.82, 2.24) is 4.98 Å². The minimum atomic E-state index is -0.508. The van der Waals surface area contributed by atoms with E-state index in [1.54, 1.807) is 30.3 Å². The van der Waals surface area contributed by atoms with Crippen LogP contribution in [-0.2, 0) is 4.79 Å². The van der Waals surface area contributed by atoms with Crippen LogP contribution >= 0.6 is 11.6 Å². The van der Waals surface area contributed by atoms with Gasteiger partial charge >= 0.3 is 172 Å². The van der Waals surface area contributed by atoms with Gasteiger partial charge in [-0.05, 0) is 0 Å². The van der Waals surface area contributed by atoms with E-state index in [0.717, 1.165) is 0 Å². The van der Waals surface area contributed by atoms with Gasteiger partial charge in [0.15, 0.2) is 0 Å². The van der Waals surface area contributed by atoms with E-state index in [2.05, 4.69) is 11.1 Å². The number of anilines is 1. The van der Waals surface area contributed by atoms with Crippen molar-refractivity contribution in [3.8, 4) is 34.8 Å². The van der Waals surface area contributed by atoms with Crippen LogP contribution in [0, 0.1) is 22.7 Å². The van der Waals surface area contributed by atoms with Crippen LogP contribution in [0.3, 0.4) is 0 Å². The number of amides is 1. The van der Waals surface area contributed by atoms with Gasteiger partial charge in [0.05, 0.1) is 0 Å². The average molecular weight is 457 g/mol. The third-order valence-corrected chi connectivity index (χ3v) is 6.18. The van der Waals surface area contributed by atoms with Gasteiger partial charge in [0, 0.05) is 0 Å². The number of furan rings is 1. The molecule has 1 aromatic carbocycles. The van der Waals surface area contributed by atoms with Gasteiger partial charge in [0.2, 0.25) is 0 Å². The van der Waals surface area contributed by atoms with Gasteiger partial charge in [-0.2, -0.15) is 0 Å². The molecule has 0 aliphatic carbocycles. The van der Waals surface area contributed by atoms with Crippen molar-refractivity contribution in [2.24, 2.45) is 5.73 Å². The van der Waals surface area contributed by atoms with E-state index < -0.39 is 20.9 Å². The van der Waals surface area contributed by atoms with Crippen LogP contribution in [0.5, 0.6) is 0 Å². The molecule has 0 fully saturated rings. The van der Waals surface area contributed by atoms with Crippen molar-refractivity contribution in [2.45, 2.75) is 5.32 Å². The summed E-state index contributed by atoms with van der Waals surface area (Å²) in [5, 5.41) is 19.8. The maximum atomic E-state index is 11.1. The zero-order chi connectivity index (χ0) is 20.3. The summed E-state index contributed by atoms with van der Waals surface area (Å²) in [7, 11) is 0. The third kappa shape index (κ3) is 3.71. The molecule has 2 heterocycles. The Kier molecular flexibility index (Phi) is 5.67. The molecule has 0 unspecified atom stereocenters. The van der Waals surface area contributed by atoms with Crippen molar-refractivity contribution < 1.29 is 9.21 Å². The van der Waals surface area contributed by atoms with E-state index in [0.29, 0.717) is 20.9 Å². The summed E-state index contributed by atoms with van der Waals surface area (Å²) in [6.45, 7) is 0. The van der Waals surface area contributed by atoms with Crippen LogP contribution in [0.1, 0.15) is 11.1 Å². The molecule has 0 aliphatic rings. The number of benzene rings is 1. The van der Waals surface area contributed by atoms with Crippen LogP contribution in [0.25, 0.3) is 22.6 Å². The molecule has 0 radical (unpaired) electrons. The number of hydrogen-bond acceptors (Lipinski definition) is 6. The SMILES string of the molecule is N#Cc1c(N)nc([Se]CC(N)=O)c(C#N)c1-c1ccc(-c2ccccc2Cl)o1. The van der Waals surface area contributed by atoms with Crippen molar-refractivity contribution in [3.63, 3.8) is 0 Å². The van der Waals surface area contributed by atoms with Crippen LogP contribution < -0.4 is 16.1 Å². The molecule has 3 aromatic rings. The molecule has 1 amide bonds. The Hall–Kier alpha value is -3.29. The topological polar surface area (TPSA) is 143 Å². The second-order valence-corrected chi connectivity index (χ2v) is 7.98. The summed E-state index contributed by atoms with van der Waals surface area (Å²) in [4.78, 5) is 15.3. The fourth-order valence-electron chi connectivity index (χ4n) is 2.57. The van der Waals surface area contributed by atoms with Crippen molar-refractivity contribution in [2.75, 3.05) is 5.73 Å². The fourth-order valence-corrected chi connectivity index (χ4v) is 4.34. The van der Waals surface area contributed by atoms with E-state index >= 15 is 0 Å². The Balaban J connectivity index is 2.19. The number of rotatable bonds is 5. The zero-order valence-electron chi connectivity index (χ0n) is 14.3. The van der Waals surface area contributed by atoms with Gasteiger partial charge in [-0.15, -0.1) is 0 Å². The molecule has 4 N–H and O–H groups in total. The number of primary amides is 1. The molecule has 0 spiro atoms. The van der Waals surface area contributed by atoms with E-state index in [1.165, 1.54) is 0 Å². The summed E-state index contributed by atoms with van der Waals surface area (Å²) in [5.41, 5.74) is 12.2. The van der Waals surface area contributed by atoms with E-state index in [-0.39, 0.29) is 33.6 Å². The normalized spacial score (nSPS) is 10.2. The molecule has 0 saturated heterocycles. The Bertz CT molecular complexity index is 1160. The number of nitrogen functional groups attached to an aromatic ring is 1. The number of nitrogens with two attached hydrogens (primary N) is 2. The molecule has 2 aromatic heterocycles. The minimum absolute atomic E-state index is 0.0338. The first-order valence-electron chi connectivity index (χ1n) is 7.86. The maximum absolute atomic E-state index is 11.1. The first-order valence-corrected chi connectivity index (χ1v) is 10.3. The Morgan fingerprint density at radius 2 is 1.82 bits per heavy atom. The number of nitriles is 2. The summed E-state index contributed by atoms with van der Waals surface area (Å²) >= 11 is 5.71. The first kappa shape index (κ1) is 19.5. The predicted molar refractivity (Wildman–Crippen MR) is 106 cm³/mol. The van der Waals surface area contributed by atoms with E-state index in [9.17, 15) is 15.3 Å². The second kappa shape index (κ2) is 8.16.